The molecule has 0 N–H and O–H groups in total. The molecule has 3 amide bonds. The summed E-state index contributed by atoms with van der Waals surface area (Å²) >= 11 is 0. The number of carbonyl (C=O) groups is 3. The zero-order valence-electron chi connectivity index (χ0n) is 14.8. The van der Waals surface area contributed by atoms with Gasteiger partial charge in [0.25, 0.3) is 11.8 Å². The third-order valence-corrected chi connectivity index (χ3v) is 5.02. The van der Waals surface area contributed by atoms with E-state index in [0.29, 0.717) is 30.8 Å². The van der Waals surface area contributed by atoms with Gasteiger partial charge in [0.2, 0.25) is 5.91 Å². The normalized spacial score (nSPS) is 19.3. The fourth-order valence-corrected chi connectivity index (χ4v) is 3.55. The molecule has 1 atom stereocenters. The summed E-state index contributed by atoms with van der Waals surface area (Å²) in [4.78, 5) is 40.3. The van der Waals surface area contributed by atoms with Crippen molar-refractivity contribution in [3.05, 3.63) is 71.3 Å². The maximum atomic E-state index is 12.6. The molecular weight excluding hydrogens is 344 g/mol. The van der Waals surface area contributed by atoms with Crippen LogP contribution in [0.5, 0.6) is 0 Å². The van der Waals surface area contributed by atoms with Crippen molar-refractivity contribution in [2.75, 3.05) is 26.2 Å². The van der Waals surface area contributed by atoms with Crippen LogP contribution in [-0.4, -0.2) is 53.8 Å². The minimum absolute atomic E-state index is 0.0733. The Morgan fingerprint density at radius 3 is 2.26 bits per heavy atom. The van der Waals surface area contributed by atoms with Gasteiger partial charge in [-0.25, -0.2) is 0 Å². The van der Waals surface area contributed by atoms with Gasteiger partial charge in [0.15, 0.2) is 0 Å². The third-order valence-electron chi connectivity index (χ3n) is 5.02. The van der Waals surface area contributed by atoms with Gasteiger partial charge in [-0.1, -0.05) is 42.5 Å². The molecular formula is C21H20N2O4. The van der Waals surface area contributed by atoms with Crippen LogP contribution in [0.2, 0.25) is 0 Å². The predicted molar refractivity (Wildman–Crippen MR) is 98.1 cm³/mol. The van der Waals surface area contributed by atoms with Gasteiger partial charge in [-0.15, -0.1) is 0 Å². The van der Waals surface area contributed by atoms with Gasteiger partial charge < -0.3 is 9.64 Å². The largest absolute Gasteiger partial charge is 0.370 e. The molecule has 4 rings (SSSR count). The number of ether oxygens (including phenoxy) is 1. The zero-order chi connectivity index (χ0) is 18.8. The molecule has 0 radical (unpaired) electrons. The lowest BCUT2D eigenvalue weighted by Gasteiger charge is -2.33. The smallest absolute Gasteiger partial charge is 0.261 e. The highest BCUT2D eigenvalue weighted by atomic mass is 16.5. The van der Waals surface area contributed by atoms with E-state index in [9.17, 15) is 14.4 Å². The molecule has 2 aliphatic rings. The van der Waals surface area contributed by atoms with Crippen LogP contribution in [0.4, 0.5) is 0 Å². The Morgan fingerprint density at radius 2 is 1.59 bits per heavy atom. The molecule has 0 aliphatic carbocycles. The molecule has 1 unspecified atom stereocenters. The lowest BCUT2D eigenvalue weighted by Crippen LogP contribution is -2.43. The summed E-state index contributed by atoms with van der Waals surface area (Å²) in [6.07, 6.45) is -0.0318. The SMILES string of the molecule is O=C(CCN1C(=O)c2ccccc2C1=O)N1CCOC(c2ccccc2)C1. The molecule has 0 spiro atoms. The number of carbonyl (C=O) groups excluding carboxylic acids is 3. The Hall–Kier alpha value is -2.99. The summed E-state index contributed by atoms with van der Waals surface area (Å²) in [6, 6.07) is 16.6. The first-order chi connectivity index (χ1) is 13.1. The van der Waals surface area contributed by atoms with Gasteiger partial charge in [-0.3, -0.25) is 19.3 Å². The van der Waals surface area contributed by atoms with Crippen molar-refractivity contribution in [2.24, 2.45) is 0 Å². The van der Waals surface area contributed by atoms with Crippen molar-refractivity contribution >= 4 is 17.7 Å². The quantitative estimate of drug-likeness (QED) is 0.781. The minimum atomic E-state index is -0.326. The number of rotatable bonds is 4. The molecule has 6 heteroatoms. The maximum absolute atomic E-state index is 12.6. The molecule has 0 bridgehead atoms. The fraction of sp³-hybridized carbons (Fsp3) is 0.286. The molecule has 2 heterocycles. The standard InChI is InChI=1S/C21H20N2O4/c24-19(22-12-13-27-18(14-22)15-6-2-1-3-7-15)10-11-23-20(25)16-8-4-5-9-17(16)21(23)26/h1-9,18H,10-14H2. The van der Waals surface area contributed by atoms with E-state index in [-0.39, 0.29) is 36.8 Å². The van der Waals surface area contributed by atoms with Crippen LogP contribution in [-0.2, 0) is 9.53 Å². The van der Waals surface area contributed by atoms with Crippen LogP contribution >= 0.6 is 0 Å². The zero-order valence-corrected chi connectivity index (χ0v) is 14.8. The van der Waals surface area contributed by atoms with Crippen LogP contribution in [0.3, 0.4) is 0 Å². The second kappa shape index (κ2) is 7.32. The van der Waals surface area contributed by atoms with Crippen molar-refractivity contribution in [2.45, 2.75) is 12.5 Å². The van der Waals surface area contributed by atoms with Crippen LogP contribution in [0.25, 0.3) is 0 Å². The molecule has 2 aliphatic heterocycles. The average molecular weight is 364 g/mol. The van der Waals surface area contributed by atoms with E-state index < -0.39 is 0 Å². The van der Waals surface area contributed by atoms with E-state index in [1.54, 1.807) is 29.2 Å². The Morgan fingerprint density at radius 1 is 0.963 bits per heavy atom. The number of fused-ring (bicyclic) bond motifs is 1. The maximum Gasteiger partial charge on any atom is 0.261 e. The van der Waals surface area contributed by atoms with Crippen molar-refractivity contribution in [1.29, 1.82) is 0 Å². The van der Waals surface area contributed by atoms with Gasteiger partial charge in [-0.2, -0.15) is 0 Å². The average Bonchev–Trinajstić information content (AvgIpc) is 2.97. The summed E-state index contributed by atoms with van der Waals surface area (Å²) in [5.74, 6) is -0.726. The van der Waals surface area contributed by atoms with E-state index in [4.69, 9.17) is 4.74 Å². The number of hydrogen-bond donors (Lipinski definition) is 0. The number of benzene rings is 2. The van der Waals surface area contributed by atoms with Crippen LogP contribution in [0.1, 0.15) is 38.8 Å². The summed E-state index contributed by atoms with van der Waals surface area (Å²) in [5, 5.41) is 0. The Kier molecular flexibility index (Phi) is 4.73. The van der Waals surface area contributed by atoms with Gasteiger partial charge in [0.1, 0.15) is 6.10 Å². The summed E-state index contributed by atoms with van der Waals surface area (Å²) in [7, 11) is 0. The molecule has 2 aromatic carbocycles. The summed E-state index contributed by atoms with van der Waals surface area (Å²) in [6.45, 7) is 1.56. The Labute approximate surface area is 157 Å². The topological polar surface area (TPSA) is 66.9 Å². The number of morpholine rings is 1. The first kappa shape index (κ1) is 17.4. The minimum Gasteiger partial charge on any atom is -0.370 e. The van der Waals surface area contributed by atoms with Gasteiger partial charge in [0.05, 0.1) is 24.3 Å². The molecule has 2 aromatic rings. The van der Waals surface area contributed by atoms with Gasteiger partial charge >= 0.3 is 0 Å². The molecule has 0 saturated carbocycles. The number of imide groups is 1. The molecule has 1 fully saturated rings. The highest BCUT2D eigenvalue weighted by molar-refractivity contribution is 6.21. The van der Waals surface area contributed by atoms with Crippen molar-refractivity contribution in [3.63, 3.8) is 0 Å². The fourth-order valence-electron chi connectivity index (χ4n) is 3.55. The van der Waals surface area contributed by atoms with E-state index in [0.717, 1.165) is 10.5 Å². The number of nitrogens with zero attached hydrogens (tertiary/aromatic N) is 2. The summed E-state index contributed by atoms with van der Waals surface area (Å²) < 4.78 is 5.79. The first-order valence-electron chi connectivity index (χ1n) is 9.04. The van der Waals surface area contributed by atoms with Crippen molar-refractivity contribution in [3.8, 4) is 0 Å². The van der Waals surface area contributed by atoms with Gasteiger partial charge in [-0.05, 0) is 17.7 Å². The van der Waals surface area contributed by atoms with E-state index in [1.165, 1.54) is 0 Å². The van der Waals surface area contributed by atoms with E-state index in [2.05, 4.69) is 0 Å². The van der Waals surface area contributed by atoms with E-state index >= 15 is 0 Å². The van der Waals surface area contributed by atoms with Crippen molar-refractivity contribution < 1.29 is 19.1 Å². The molecule has 0 aromatic heterocycles. The number of hydrogen-bond acceptors (Lipinski definition) is 4. The lowest BCUT2D eigenvalue weighted by atomic mass is 10.1. The molecule has 27 heavy (non-hydrogen) atoms. The van der Waals surface area contributed by atoms with Crippen LogP contribution in [0, 0.1) is 0 Å². The first-order valence-corrected chi connectivity index (χ1v) is 9.04. The lowest BCUT2D eigenvalue weighted by molar-refractivity contribution is -0.139. The highest BCUT2D eigenvalue weighted by Gasteiger charge is 2.35. The monoisotopic (exact) mass is 364 g/mol. The van der Waals surface area contributed by atoms with Crippen LogP contribution in [0.15, 0.2) is 54.6 Å². The van der Waals surface area contributed by atoms with Crippen molar-refractivity contribution in [1.82, 2.24) is 9.80 Å². The molecule has 6 nitrogen and oxygen atoms in total. The molecule has 1 saturated heterocycles. The van der Waals surface area contributed by atoms with Gasteiger partial charge in [0, 0.05) is 19.5 Å². The van der Waals surface area contributed by atoms with Crippen LogP contribution < -0.4 is 0 Å². The van der Waals surface area contributed by atoms with E-state index in [1.807, 2.05) is 30.3 Å². The Balaban J connectivity index is 1.37. The summed E-state index contributed by atoms with van der Waals surface area (Å²) in [5.41, 5.74) is 1.85. The Bertz CT molecular complexity index is 846. The second-order valence-corrected chi connectivity index (χ2v) is 6.67. The highest BCUT2D eigenvalue weighted by Crippen LogP contribution is 2.24. The second-order valence-electron chi connectivity index (χ2n) is 6.67. The molecule has 138 valence electrons. The third kappa shape index (κ3) is 3.36. The predicted octanol–water partition coefficient (Wildman–Crippen LogP) is 2.27. The number of amides is 3.